The van der Waals surface area contributed by atoms with Crippen molar-refractivity contribution < 1.29 is 9.53 Å². The zero-order chi connectivity index (χ0) is 13.5. The van der Waals surface area contributed by atoms with Crippen molar-refractivity contribution in [1.29, 1.82) is 0 Å². The van der Waals surface area contributed by atoms with Crippen LogP contribution in [0.1, 0.15) is 38.5 Å². The molecule has 5 nitrogen and oxygen atoms in total. The molecule has 3 N–H and O–H groups in total. The molecule has 3 fully saturated rings. The van der Waals surface area contributed by atoms with Gasteiger partial charge in [0, 0.05) is 24.7 Å². The minimum atomic E-state index is -0.793. The van der Waals surface area contributed by atoms with Gasteiger partial charge in [0.15, 0.2) is 0 Å². The summed E-state index contributed by atoms with van der Waals surface area (Å²) in [5, 5.41) is 3.18. The number of rotatable bonds is 2. The van der Waals surface area contributed by atoms with E-state index in [1.54, 1.807) is 0 Å². The summed E-state index contributed by atoms with van der Waals surface area (Å²) in [4.78, 5) is 14.8. The molecule has 19 heavy (non-hydrogen) atoms. The summed E-state index contributed by atoms with van der Waals surface area (Å²) in [5.41, 5.74) is 5.32. The Kier molecular flexibility index (Phi) is 3.53. The Morgan fingerprint density at radius 1 is 1.37 bits per heavy atom. The second-order valence-electron chi connectivity index (χ2n) is 6.50. The largest absolute Gasteiger partial charge is 0.379 e. The zero-order valence-electron chi connectivity index (χ0n) is 11.7. The fraction of sp³-hybridized carbons (Fsp3) is 0.929. The highest BCUT2D eigenvalue weighted by Crippen LogP contribution is 2.32. The number of hydrogen-bond acceptors (Lipinski definition) is 4. The van der Waals surface area contributed by atoms with E-state index in [2.05, 4.69) is 17.3 Å². The molecule has 3 atom stereocenters. The van der Waals surface area contributed by atoms with Crippen LogP contribution < -0.4 is 11.1 Å². The van der Waals surface area contributed by atoms with Gasteiger partial charge in [-0.1, -0.05) is 6.42 Å². The maximum absolute atomic E-state index is 12.3. The zero-order valence-corrected chi connectivity index (χ0v) is 11.7. The lowest BCUT2D eigenvalue weighted by Crippen LogP contribution is -2.60. The van der Waals surface area contributed by atoms with E-state index in [0.717, 1.165) is 12.8 Å². The maximum Gasteiger partial charge on any atom is 0.242 e. The number of fused-ring (bicyclic) bond motifs is 2. The third kappa shape index (κ3) is 2.51. The normalized spacial score (nSPS) is 43.2. The first-order chi connectivity index (χ1) is 9.08. The highest BCUT2D eigenvalue weighted by atomic mass is 16.5. The molecular formula is C14H25N3O2. The predicted molar refractivity (Wildman–Crippen MR) is 72.7 cm³/mol. The molecule has 3 rings (SSSR count). The van der Waals surface area contributed by atoms with Crippen LogP contribution in [0.2, 0.25) is 0 Å². The molecule has 0 spiro atoms. The number of ether oxygens (including phenoxy) is 1. The second kappa shape index (κ2) is 5.04. The van der Waals surface area contributed by atoms with E-state index in [4.69, 9.17) is 10.5 Å². The molecule has 1 amide bonds. The number of carbonyl (C=O) groups excluding carboxylic acids is 1. The van der Waals surface area contributed by atoms with Gasteiger partial charge in [0.25, 0.3) is 0 Å². The summed E-state index contributed by atoms with van der Waals surface area (Å²) >= 11 is 0. The minimum absolute atomic E-state index is 0.0161. The van der Waals surface area contributed by atoms with Crippen molar-refractivity contribution >= 4 is 5.91 Å². The van der Waals surface area contributed by atoms with E-state index in [0.29, 0.717) is 37.8 Å². The molecule has 3 aliphatic rings. The topological polar surface area (TPSA) is 67.6 Å². The summed E-state index contributed by atoms with van der Waals surface area (Å²) in [5.74, 6) is -0.0161. The van der Waals surface area contributed by atoms with Gasteiger partial charge < -0.3 is 20.7 Å². The Bertz CT molecular complexity index is 341. The summed E-state index contributed by atoms with van der Waals surface area (Å²) in [7, 11) is 2.22. The van der Waals surface area contributed by atoms with Crippen LogP contribution >= 0.6 is 0 Å². The lowest BCUT2D eigenvalue weighted by atomic mass is 9.82. The van der Waals surface area contributed by atoms with Gasteiger partial charge in [-0.05, 0) is 39.2 Å². The molecule has 3 saturated heterocycles. The second-order valence-corrected chi connectivity index (χ2v) is 6.50. The Morgan fingerprint density at radius 2 is 2.05 bits per heavy atom. The van der Waals surface area contributed by atoms with Crippen molar-refractivity contribution in [3.63, 3.8) is 0 Å². The first-order valence-corrected chi connectivity index (χ1v) is 7.48. The van der Waals surface area contributed by atoms with Gasteiger partial charge in [0.1, 0.15) is 5.54 Å². The van der Waals surface area contributed by atoms with Crippen LogP contribution in [-0.2, 0) is 9.53 Å². The number of carbonyl (C=O) groups is 1. The Balaban J connectivity index is 1.60. The Morgan fingerprint density at radius 3 is 2.63 bits per heavy atom. The van der Waals surface area contributed by atoms with Gasteiger partial charge in [-0.25, -0.2) is 0 Å². The average Bonchev–Trinajstić information content (AvgIpc) is 2.79. The van der Waals surface area contributed by atoms with Gasteiger partial charge in [-0.3, -0.25) is 4.79 Å². The van der Waals surface area contributed by atoms with Gasteiger partial charge >= 0.3 is 0 Å². The maximum atomic E-state index is 12.3. The first kappa shape index (κ1) is 13.3. The van der Waals surface area contributed by atoms with Gasteiger partial charge in [0.05, 0.1) is 6.61 Å². The predicted octanol–water partition coefficient (Wildman–Crippen LogP) is 0.236. The monoisotopic (exact) mass is 267 g/mol. The van der Waals surface area contributed by atoms with Crippen molar-refractivity contribution in [3.8, 4) is 0 Å². The van der Waals surface area contributed by atoms with E-state index in [-0.39, 0.29) is 5.91 Å². The molecule has 108 valence electrons. The van der Waals surface area contributed by atoms with Crippen molar-refractivity contribution in [2.75, 3.05) is 20.3 Å². The highest BCUT2D eigenvalue weighted by Gasteiger charge is 2.41. The molecule has 0 aromatic heterocycles. The van der Waals surface area contributed by atoms with Crippen molar-refractivity contribution in [1.82, 2.24) is 10.2 Å². The molecule has 0 aromatic carbocycles. The lowest BCUT2D eigenvalue weighted by Gasteiger charge is -2.47. The summed E-state index contributed by atoms with van der Waals surface area (Å²) in [6.07, 6.45) is 6.62. The fourth-order valence-corrected chi connectivity index (χ4v) is 3.82. The molecule has 0 aromatic rings. The van der Waals surface area contributed by atoms with Crippen LogP contribution in [0.5, 0.6) is 0 Å². The van der Waals surface area contributed by atoms with Gasteiger partial charge in [0.2, 0.25) is 5.91 Å². The van der Waals surface area contributed by atoms with E-state index in [1.165, 1.54) is 19.3 Å². The molecule has 2 bridgehead atoms. The smallest absolute Gasteiger partial charge is 0.242 e. The lowest BCUT2D eigenvalue weighted by molar-refractivity contribution is -0.127. The third-order valence-corrected chi connectivity index (χ3v) is 5.18. The number of nitrogens with zero attached hydrogens (tertiary/aromatic N) is 1. The van der Waals surface area contributed by atoms with Gasteiger partial charge in [-0.15, -0.1) is 0 Å². The van der Waals surface area contributed by atoms with Crippen molar-refractivity contribution in [3.05, 3.63) is 0 Å². The third-order valence-electron chi connectivity index (χ3n) is 5.18. The molecule has 0 radical (unpaired) electrons. The molecule has 3 heterocycles. The number of nitrogens with two attached hydrogens (primary N) is 1. The molecule has 3 unspecified atom stereocenters. The summed E-state index contributed by atoms with van der Waals surface area (Å²) in [6, 6.07) is 1.55. The Labute approximate surface area is 114 Å². The number of hydrogen-bond donors (Lipinski definition) is 2. The highest BCUT2D eigenvalue weighted by molar-refractivity contribution is 5.86. The minimum Gasteiger partial charge on any atom is -0.379 e. The van der Waals surface area contributed by atoms with Crippen LogP contribution in [-0.4, -0.2) is 54.7 Å². The average molecular weight is 267 g/mol. The number of nitrogens with one attached hydrogen (secondary N) is 1. The quantitative estimate of drug-likeness (QED) is 0.752. The van der Waals surface area contributed by atoms with Crippen LogP contribution in [0.25, 0.3) is 0 Å². The van der Waals surface area contributed by atoms with E-state index in [9.17, 15) is 4.79 Å². The fourth-order valence-electron chi connectivity index (χ4n) is 3.82. The van der Waals surface area contributed by atoms with E-state index >= 15 is 0 Å². The number of amides is 1. The Hall–Kier alpha value is -0.650. The van der Waals surface area contributed by atoms with Gasteiger partial charge in [-0.2, -0.15) is 0 Å². The van der Waals surface area contributed by atoms with Crippen LogP contribution in [0.15, 0.2) is 0 Å². The molecule has 3 aliphatic heterocycles. The molecule has 0 aliphatic carbocycles. The van der Waals surface area contributed by atoms with E-state index in [1.807, 2.05) is 0 Å². The standard InChI is InChI=1S/C14H25N3O2/c1-17-11-3-2-4-12(17)8-10(7-11)16-13(18)14(15)5-6-19-9-14/h10-12H,2-9,15H2,1H3,(H,16,18). The summed E-state index contributed by atoms with van der Waals surface area (Å²) in [6.45, 7) is 0.959. The summed E-state index contributed by atoms with van der Waals surface area (Å²) < 4.78 is 5.27. The van der Waals surface area contributed by atoms with Crippen LogP contribution in [0.4, 0.5) is 0 Å². The van der Waals surface area contributed by atoms with Crippen LogP contribution in [0, 0.1) is 0 Å². The van der Waals surface area contributed by atoms with Crippen molar-refractivity contribution in [2.45, 2.75) is 62.2 Å². The van der Waals surface area contributed by atoms with Crippen LogP contribution in [0.3, 0.4) is 0 Å². The molecule has 0 saturated carbocycles. The number of piperidine rings is 2. The first-order valence-electron chi connectivity index (χ1n) is 7.48. The molecular weight excluding hydrogens is 242 g/mol. The SMILES string of the molecule is CN1C2CCCC1CC(NC(=O)C1(N)CCOC1)C2. The van der Waals surface area contributed by atoms with E-state index < -0.39 is 5.54 Å². The molecule has 5 heteroatoms. The van der Waals surface area contributed by atoms with Crippen molar-refractivity contribution in [2.24, 2.45) is 5.73 Å².